The highest BCUT2D eigenvalue weighted by Crippen LogP contribution is 2.30. The van der Waals surface area contributed by atoms with Crippen LogP contribution in [0.5, 0.6) is 0 Å². The Morgan fingerprint density at radius 3 is 2.48 bits per heavy atom. The first-order valence-corrected chi connectivity index (χ1v) is 9.58. The first-order valence-electron chi connectivity index (χ1n) is 8.14. The van der Waals surface area contributed by atoms with E-state index in [1.54, 1.807) is 23.0 Å². The van der Waals surface area contributed by atoms with Crippen LogP contribution >= 0.6 is 0 Å². The van der Waals surface area contributed by atoms with Crippen LogP contribution in [0.1, 0.15) is 24.2 Å². The van der Waals surface area contributed by atoms with E-state index >= 15 is 0 Å². The van der Waals surface area contributed by atoms with Gasteiger partial charge in [0, 0.05) is 19.6 Å². The molecule has 8 heteroatoms. The first-order chi connectivity index (χ1) is 10.8. The van der Waals surface area contributed by atoms with Crippen molar-refractivity contribution in [2.24, 2.45) is 7.05 Å². The predicted octanol–water partition coefficient (Wildman–Crippen LogP) is 0.521. The Hall–Kier alpha value is -0.960. The lowest BCUT2D eigenvalue weighted by molar-refractivity contribution is 0.00522. The van der Waals surface area contributed by atoms with Gasteiger partial charge < -0.3 is 9.64 Å². The zero-order valence-electron chi connectivity index (χ0n) is 14.3. The van der Waals surface area contributed by atoms with Crippen molar-refractivity contribution in [1.82, 2.24) is 19.0 Å². The minimum atomic E-state index is -3.57. The summed E-state index contributed by atoms with van der Waals surface area (Å²) in [5, 5.41) is 4.28. The maximum atomic E-state index is 13.3. The Kier molecular flexibility index (Phi) is 4.52. The van der Waals surface area contributed by atoms with Gasteiger partial charge in [-0.3, -0.25) is 4.68 Å². The number of aromatic nitrogens is 2. The summed E-state index contributed by atoms with van der Waals surface area (Å²) in [5.41, 5.74) is 1.25. The molecule has 0 bridgehead atoms. The van der Waals surface area contributed by atoms with E-state index in [0.29, 0.717) is 36.0 Å². The average molecular weight is 342 g/mol. The third-order valence-corrected chi connectivity index (χ3v) is 7.32. The molecule has 2 saturated heterocycles. The van der Waals surface area contributed by atoms with E-state index in [4.69, 9.17) is 4.74 Å². The van der Waals surface area contributed by atoms with Crippen LogP contribution in [-0.2, 0) is 21.8 Å². The van der Waals surface area contributed by atoms with Crippen LogP contribution in [-0.4, -0.2) is 72.8 Å². The first kappa shape index (κ1) is 16.9. The molecular weight excluding hydrogens is 316 g/mol. The standard InChI is InChI=1S/C15H26N4O3S/c1-11-15(12(2)18(4)16-11)23(20,21)19-8-9-22-10-14(19)13-6-5-7-17(13)3/h13-14H,5-10H2,1-4H3. The quantitative estimate of drug-likeness (QED) is 0.801. The van der Waals surface area contributed by atoms with E-state index in [1.165, 1.54) is 0 Å². The van der Waals surface area contributed by atoms with Gasteiger partial charge in [-0.15, -0.1) is 0 Å². The van der Waals surface area contributed by atoms with Crippen LogP contribution in [0, 0.1) is 13.8 Å². The molecule has 0 radical (unpaired) electrons. The summed E-state index contributed by atoms with van der Waals surface area (Å²) in [5.74, 6) is 0. The minimum absolute atomic E-state index is 0.125. The molecule has 7 nitrogen and oxygen atoms in total. The summed E-state index contributed by atoms with van der Waals surface area (Å²) in [6.45, 7) is 5.91. The number of aryl methyl sites for hydroxylation is 2. The highest BCUT2D eigenvalue weighted by Gasteiger charge is 2.42. The largest absolute Gasteiger partial charge is 0.378 e. The number of likely N-dealkylation sites (tertiary alicyclic amines) is 1. The molecule has 130 valence electrons. The van der Waals surface area contributed by atoms with E-state index in [1.807, 2.05) is 6.92 Å². The molecule has 23 heavy (non-hydrogen) atoms. The molecule has 2 atom stereocenters. The average Bonchev–Trinajstić information content (AvgIpc) is 3.03. The van der Waals surface area contributed by atoms with Gasteiger partial charge in [-0.2, -0.15) is 9.40 Å². The molecule has 3 rings (SSSR count). The van der Waals surface area contributed by atoms with Gasteiger partial charge in [-0.1, -0.05) is 0 Å². The molecular formula is C15H26N4O3S. The summed E-state index contributed by atoms with van der Waals surface area (Å²) in [4.78, 5) is 2.61. The monoisotopic (exact) mass is 342 g/mol. The number of rotatable bonds is 3. The SMILES string of the molecule is Cc1nn(C)c(C)c1S(=O)(=O)N1CCOCC1C1CCCN1C. The van der Waals surface area contributed by atoms with Crippen molar-refractivity contribution < 1.29 is 13.2 Å². The maximum Gasteiger partial charge on any atom is 0.247 e. The molecule has 0 saturated carbocycles. The molecule has 0 aliphatic carbocycles. The lowest BCUT2D eigenvalue weighted by Gasteiger charge is -2.40. The topological polar surface area (TPSA) is 67.7 Å². The van der Waals surface area contributed by atoms with Crippen LogP contribution in [0.2, 0.25) is 0 Å². The number of ether oxygens (including phenoxy) is 1. The van der Waals surface area contributed by atoms with Crippen molar-refractivity contribution in [1.29, 1.82) is 0 Å². The summed E-state index contributed by atoms with van der Waals surface area (Å²) >= 11 is 0. The fourth-order valence-electron chi connectivity index (χ4n) is 3.88. The second-order valence-electron chi connectivity index (χ2n) is 6.57. The van der Waals surface area contributed by atoms with Gasteiger partial charge in [0.1, 0.15) is 4.90 Å². The Balaban J connectivity index is 1.99. The van der Waals surface area contributed by atoms with Crippen molar-refractivity contribution >= 4 is 10.0 Å². The second-order valence-corrected chi connectivity index (χ2v) is 8.40. The second kappa shape index (κ2) is 6.16. The fourth-order valence-corrected chi connectivity index (χ4v) is 5.90. The van der Waals surface area contributed by atoms with Crippen LogP contribution in [0.25, 0.3) is 0 Å². The highest BCUT2D eigenvalue weighted by molar-refractivity contribution is 7.89. The maximum absolute atomic E-state index is 13.3. The van der Waals surface area contributed by atoms with Crippen molar-refractivity contribution in [3.05, 3.63) is 11.4 Å². The molecule has 0 N–H and O–H groups in total. The van der Waals surface area contributed by atoms with Crippen molar-refractivity contribution in [2.75, 3.05) is 33.4 Å². The molecule has 0 aromatic carbocycles. The highest BCUT2D eigenvalue weighted by atomic mass is 32.2. The zero-order valence-corrected chi connectivity index (χ0v) is 15.1. The molecule has 3 heterocycles. The summed E-state index contributed by atoms with van der Waals surface area (Å²) in [6, 6.07) is 0.0996. The van der Waals surface area contributed by atoms with Gasteiger partial charge in [0.25, 0.3) is 0 Å². The number of hydrogen-bond donors (Lipinski definition) is 0. The van der Waals surface area contributed by atoms with Crippen molar-refractivity contribution in [3.63, 3.8) is 0 Å². The van der Waals surface area contributed by atoms with Gasteiger partial charge in [0.2, 0.25) is 10.0 Å². The number of morpholine rings is 1. The number of likely N-dealkylation sites (N-methyl/N-ethyl adjacent to an activating group) is 1. The fraction of sp³-hybridized carbons (Fsp3) is 0.800. The molecule has 1 aromatic rings. The van der Waals surface area contributed by atoms with Gasteiger partial charge in [0.15, 0.2) is 0 Å². The lowest BCUT2D eigenvalue weighted by atomic mass is 10.1. The normalized spacial score (nSPS) is 27.7. The summed E-state index contributed by atoms with van der Waals surface area (Å²) in [7, 11) is 0.279. The third kappa shape index (κ3) is 2.82. The summed E-state index contributed by atoms with van der Waals surface area (Å²) in [6.07, 6.45) is 2.12. The Labute approximate surface area is 138 Å². The molecule has 0 amide bonds. The molecule has 0 spiro atoms. The van der Waals surface area contributed by atoms with Gasteiger partial charge in [0.05, 0.1) is 30.6 Å². The predicted molar refractivity (Wildman–Crippen MR) is 86.8 cm³/mol. The van der Waals surface area contributed by atoms with E-state index < -0.39 is 10.0 Å². The van der Waals surface area contributed by atoms with E-state index in [0.717, 1.165) is 19.4 Å². The Bertz CT molecular complexity index is 685. The smallest absolute Gasteiger partial charge is 0.247 e. The zero-order chi connectivity index (χ0) is 16.8. The lowest BCUT2D eigenvalue weighted by Crippen LogP contribution is -2.56. The Morgan fingerprint density at radius 1 is 1.17 bits per heavy atom. The number of hydrogen-bond acceptors (Lipinski definition) is 5. The van der Waals surface area contributed by atoms with Gasteiger partial charge in [-0.05, 0) is 40.3 Å². The molecule has 2 aliphatic rings. The van der Waals surface area contributed by atoms with Crippen molar-refractivity contribution in [2.45, 2.75) is 43.7 Å². The number of sulfonamides is 1. The number of nitrogens with zero attached hydrogens (tertiary/aromatic N) is 4. The Morgan fingerprint density at radius 2 is 1.91 bits per heavy atom. The van der Waals surface area contributed by atoms with Crippen LogP contribution in [0.4, 0.5) is 0 Å². The molecule has 2 fully saturated rings. The van der Waals surface area contributed by atoms with E-state index in [9.17, 15) is 8.42 Å². The van der Waals surface area contributed by atoms with Gasteiger partial charge in [-0.25, -0.2) is 8.42 Å². The minimum Gasteiger partial charge on any atom is -0.378 e. The third-order valence-electron chi connectivity index (χ3n) is 5.14. The summed E-state index contributed by atoms with van der Waals surface area (Å²) < 4.78 is 35.5. The molecule has 2 unspecified atom stereocenters. The van der Waals surface area contributed by atoms with Crippen LogP contribution in [0.15, 0.2) is 4.90 Å². The molecule has 1 aromatic heterocycles. The molecule has 2 aliphatic heterocycles. The van der Waals surface area contributed by atoms with Gasteiger partial charge >= 0.3 is 0 Å². The van der Waals surface area contributed by atoms with Crippen LogP contribution < -0.4 is 0 Å². The van der Waals surface area contributed by atoms with Crippen molar-refractivity contribution in [3.8, 4) is 0 Å². The van der Waals surface area contributed by atoms with Crippen LogP contribution in [0.3, 0.4) is 0 Å². The van der Waals surface area contributed by atoms with E-state index in [2.05, 4.69) is 17.0 Å². The van der Waals surface area contributed by atoms with E-state index in [-0.39, 0.29) is 12.1 Å².